The summed E-state index contributed by atoms with van der Waals surface area (Å²) in [7, 11) is 0. The molecule has 3 heterocycles. The molecule has 0 atom stereocenters. The molecule has 1 amide bonds. The van der Waals surface area contributed by atoms with E-state index in [9.17, 15) is 10.0 Å². The number of allylic oxidation sites excluding steroid dienone is 1. The lowest BCUT2D eigenvalue weighted by Crippen LogP contribution is -2.37. The molecule has 0 saturated heterocycles. The van der Waals surface area contributed by atoms with Crippen LogP contribution in [0.2, 0.25) is 0 Å². The van der Waals surface area contributed by atoms with Crippen molar-refractivity contribution >= 4 is 44.8 Å². The van der Waals surface area contributed by atoms with Crippen LogP contribution in [0.4, 0.5) is 0 Å². The van der Waals surface area contributed by atoms with E-state index in [1.807, 2.05) is 38.1 Å². The van der Waals surface area contributed by atoms with E-state index in [4.69, 9.17) is 4.42 Å². The van der Waals surface area contributed by atoms with Crippen molar-refractivity contribution in [1.82, 2.24) is 15.3 Å². The highest BCUT2D eigenvalue weighted by atomic mass is 32.1. The van der Waals surface area contributed by atoms with Gasteiger partial charge < -0.3 is 14.9 Å². The predicted octanol–water partition coefficient (Wildman–Crippen LogP) is 5.50. The zero-order valence-corrected chi connectivity index (χ0v) is 20.7. The summed E-state index contributed by atoms with van der Waals surface area (Å²) in [6, 6.07) is 15.0. The van der Waals surface area contributed by atoms with Crippen molar-refractivity contribution in [1.29, 1.82) is 0 Å². The maximum absolute atomic E-state index is 12.7. The maximum Gasteiger partial charge on any atom is 0.276 e. The number of rotatable bonds is 5. The molecule has 0 aliphatic rings. The van der Waals surface area contributed by atoms with Gasteiger partial charge in [0.15, 0.2) is 5.69 Å². The Balaban J connectivity index is 1.33. The Morgan fingerprint density at radius 3 is 2.71 bits per heavy atom. The number of aromatic nitrogens is 3. The van der Waals surface area contributed by atoms with Crippen molar-refractivity contribution in [3.63, 3.8) is 0 Å². The molecular weight excluding hydrogens is 460 g/mol. The molecule has 7 nitrogen and oxygen atoms in total. The lowest BCUT2D eigenvalue weighted by atomic mass is 10.1. The molecular formula is C27H24N4O3S. The Morgan fingerprint density at radius 2 is 1.94 bits per heavy atom. The molecule has 0 aliphatic heterocycles. The molecule has 0 bridgehead atoms. The van der Waals surface area contributed by atoms with Crippen LogP contribution in [0.15, 0.2) is 59.0 Å². The molecule has 0 saturated carbocycles. The molecule has 3 aromatic heterocycles. The normalized spacial score (nSPS) is 11.9. The van der Waals surface area contributed by atoms with Crippen molar-refractivity contribution in [3.05, 3.63) is 86.8 Å². The first kappa shape index (κ1) is 22.7. The molecule has 0 aliphatic carbocycles. The highest BCUT2D eigenvalue weighted by molar-refractivity contribution is 7.11. The van der Waals surface area contributed by atoms with Crippen LogP contribution in [-0.2, 0) is 0 Å². The van der Waals surface area contributed by atoms with Crippen LogP contribution in [-0.4, -0.2) is 22.4 Å². The molecule has 5 rings (SSSR count). The van der Waals surface area contributed by atoms with Crippen LogP contribution in [0.25, 0.3) is 38.8 Å². The first-order valence-corrected chi connectivity index (χ1v) is 12.1. The van der Waals surface area contributed by atoms with Crippen molar-refractivity contribution in [2.45, 2.75) is 27.7 Å². The van der Waals surface area contributed by atoms with Gasteiger partial charge in [-0.25, -0.2) is 9.97 Å². The number of carbonyl (C=O) groups is 1. The fourth-order valence-corrected chi connectivity index (χ4v) is 4.93. The number of nitrogens with one attached hydrogen (secondary N) is 1. The maximum atomic E-state index is 12.7. The van der Waals surface area contributed by atoms with Crippen LogP contribution >= 0.6 is 11.3 Å². The highest BCUT2D eigenvalue weighted by Crippen LogP contribution is 2.32. The second-order valence-corrected chi connectivity index (χ2v) is 9.83. The van der Waals surface area contributed by atoms with Crippen molar-refractivity contribution in [3.8, 4) is 11.3 Å². The number of carbonyl (C=O) groups excluding carboxylic acids is 1. The van der Waals surface area contributed by atoms with E-state index in [1.54, 1.807) is 42.5 Å². The largest absolute Gasteiger partial charge is 0.618 e. The highest BCUT2D eigenvalue weighted by Gasteiger charge is 2.20. The summed E-state index contributed by atoms with van der Waals surface area (Å²) < 4.78 is 6.77. The van der Waals surface area contributed by atoms with Crippen LogP contribution in [0.5, 0.6) is 0 Å². The fourth-order valence-electron chi connectivity index (χ4n) is 4.09. The van der Waals surface area contributed by atoms with Gasteiger partial charge in [-0.05, 0) is 56.7 Å². The summed E-state index contributed by atoms with van der Waals surface area (Å²) in [5.41, 5.74) is 5.06. The molecule has 0 radical (unpaired) electrons. The van der Waals surface area contributed by atoms with E-state index < -0.39 is 5.91 Å². The third-order valence-electron chi connectivity index (χ3n) is 5.95. The zero-order valence-electron chi connectivity index (χ0n) is 19.9. The number of aryl methyl sites for hydroxylation is 2. The van der Waals surface area contributed by atoms with Gasteiger partial charge in [0.05, 0.1) is 10.7 Å². The number of fused-ring (bicyclic) bond motifs is 2. The number of furan rings is 1. The van der Waals surface area contributed by atoms with Crippen LogP contribution in [0.1, 0.15) is 38.8 Å². The second-order valence-electron chi connectivity index (χ2n) is 8.43. The minimum Gasteiger partial charge on any atom is -0.618 e. The molecule has 5 aromatic rings. The van der Waals surface area contributed by atoms with Gasteiger partial charge in [-0.2, -0.15) is 4.73 Å². The summed E-state index contributed by atoms with van der Waals surface area (Å²) in [4.78, 5) is 23.0. The second kappa shape index (κ2) is 8.96. The Bertz CT molecular complexity index is 1630. The minimum atomic E-state index is -0.398. The van der Waals surface area contributed by atoms with Gasteiger partial charge in [-0.15, -0.1) is 11.3 Å². The van der Waals surface area contributed by atoms with E-state index in [-0.39, 0.29) is 17.9 Å². The van der Waals surface area contributed by atoms with Gasteiger partial charge in [-0.1, -0.05) is 18.2 Å². The SMILES string of the molecule is CC(=CCNC(=O)c1nc2ccccc2[n+]([O-])c1C)c1cc2cc(-c3nc(C)sc3C)ccc2o1. The average Bonchev–Trinajstić information content (AvgIpc) is 3.43. The number of hydrogen-bond donors (Lipinski definition) is 1. The van der Waals surface area contributed by atoms with Crippen molar-refractivity contribution < 1.29 is 13.9 Å². The third-order valence-corrected chi connectivity index (χ3v) is 6.83. The molecule has 0 spiro atoms. The monoisotopic (exact) mass is 484 g/mol. The molecule has 1 N–H and O–H groups in total. The Kier molecular flexibility index (Phi) is 5.82. The lowest BCUT2D eigenvalue weighted by Gasteiger charge is -2.09. The van der Waals surface area contributed by atoms with E-state index in [1.165, 1.54) is 4.88 Å². The smallest absolute Gasteiger partial charge is 0.276 e. The van der Waals surface area contributed by atoms with Gasteiger partial charge in [0, 0.05) is 35.4 Å². The number of thiazole rings is 1. The summed E-state index contributed by atoms with van der Waals surface area (Å²) in [6.07, 6.45) is 1.88. The van der Waals surface area contributed by atoms with Gasteiger partial charge in [-0.3, -0.25) is 4.79 Å². The fraction of sp³-hybridized carbons (Fsp3) is 0.185. The first-order valence-electron chi connectivity index (χ1n) is 11.2. The molecule has 0 unspecified atom stereocenters. The number of benzene rings is 2. The zero-order chi connectivity index (χ0) is 24.7. The Labute approximate surface area is 206 Å². The summed E-state index contributed by atoms with van der Waals surface area (Å²) in [5, 5.41) is 17.4. The molecule has 35 heavy (non-hydrogen) atoms. The van der Waals surface area contributed by atoms with E-state index >= 15 is 0 Å². The van der Waals surface area contributed by atoms with E-state index in [2.05, 4.69) is 28.3 Å². The number of para-hydroxylation sites is 2. The Morgan fingerprint density at radius 1 is 1.14 bits per heavy atom. The van der Waals surface area contributed by atoms with Gasteiger partial charge in [0.25, 0.3) is 5.91 Å². The van der Waals surface area contributed by atoms with Gasteiger partial charge in [0.1, 0.15) is 16.9 Å². The summed E-state index contributed by atoms with van der Waals surface area (Å²) in [6.45, 7) is 7.90. The first-order chi connectivity index (χ1) is 16.8. The number of nitrogens with zero attached hydrogens (tertiary/aromatic N) is 3. The van der Waals surface area contributed by atoms with Crippen LogP contribution in [0.3, 0.4) is 0 Å². The van der Waals surface area contributed by atoms with E-state index in [0.717, 1.165) is 43.3 Å². The Hall–Kier alpha value is -4.04. The number of hydrogen-bond acceptors (Lipinski definition) is 6. The van der Waals surface area contributed by atoms with Crippen LogP contribution < -0.4 is 10.0 Å². The molecule has 0 fully saturated rings. The molecule has 2 aromatic carbocycles. The lowest BCUT2D eigenvalue weighted by molar-refractivity contribution is -0.584. The molecule has 8 heteroatoms. The van der Waals surface area contributed by atoms with Crippen LogP contribution in [0, 0.1) is 26.0 Å². The van der Waals surface area contributed by atoms with Gasteiger partial charge >= 0.3 is 0 Å². The standard InChI is InChI=1S/C27H24N4O3S/c1-15(11-12-28-27(32)25-16(2)31(33)22-8-6-5-7-21(22)30-25)24-14-20-13-19(9-10-23(20)34-24)26-17(3)35-18(4)29-26/h5-11,13-14H,12H2,1-4H3,(H,28,32). The minimum absolute atomic E-state index is 0.119. The molecule has 176 valence electrons. The number of amides is 1. The van der Waals surface area contributed by atoms with E-state index in [0.29, 0.717) is 11.0 Å². The average molecular weight is 485 g/mol. The summed E-state index contributed by atoms with van der Waals surface area (Å²) in [5.74, 6) is 0.333. The quantitative estimate of drug-likeness (QED) is 0.263. The predicted molar refractivity (Wildman–Crippen MR) is 138 cm³/mol. The third kappa shape index (κ3) is 4.28. The van der Waals surface area contributed by atoms with Gasteiger partial charge in [0.2, 0.25) is 11.2 Å². The van der Waals surface area contributed by atoms with Crippen molar-refractivity contribution in [2.24, 2.45) is 0 Å². The topological polar surface area (TPSA) is 95.0 Å². The summed E-state index contributed by atoms with van der Waals surface area (Å²) >= 11 is 1.69. The van der Waals surface area contributed by atoms with Crippen molar-refractivity contribution in [2.75, 3.05) is 6.54 Å².